The van der Waals surface area contributed by atoms with Gasteiger partial charge in [0.05, 0.1) is 0 Å². The van der Waals surface area contributed by atoms with Crippen LogP contribution in [0.4, 0.5) is 0 Å². The van der Waals surface area contributed by atoms with Crippen molar-refractivity contribution in [1.82, 2.24) is 0 Å². The van der Waals surface area contributed by atoms with Crippen LogP contribution in [0.1, 0.15) is 0 Å². The minimum atomic E-state index is 0. The van der Waals surface area contributed by atoms with Crippen molar-refractivity contribution >= 4 is 0 Å². The first kappa shape index (κ1) is 71.8. The molecule has 7 heavy (non-hydrogen) atoms. The largest absolute Gasteiger partial charge is 6.00 e. The van der Waals surface area contributed by atoms with Crippen LogP contribution in [0.3, 0.4) is 0 Å². The summed E-state index contributed by atoms with van der Waals surface area (Å²) in [4.78, 5) is 0. The first-order valence-corrected chi connectivity index (χ1v) is 0. The second-order valence-corrected chi connectivity index (χ2v) is 0. The van der Waals surface area contributed by atoms with Crippen LogP contribution in [0.2, 0.25) is 0 Å². The smallest absolute Gasteiger partial charge is 2.00 e. The van der Waals surface area contributed by atoms with E-state index >= 15 is 0 Å². The van der Waals surface area contributed by atoms with Gasteiger partial charge < -0.3 is 21.9 Å². The zero-order valence-electron chi connectivity index (χ0n) is 4.04. The maximum absolute atomic E-state index is 0. The van der Waals surface area contributed by atoms with Crippen molar-refractivity contribution in [3.8, 4) is 0 Å². The molecule has 0 N–H and O–H groups in total. The third-order valence-corrected chi connectivity index (χ3v) is 0. The topological polar surface area (TPSA) is 114 Å². The van der Waals surface area contributed by atoms with E-state index in [1.54, 1.807) is 0 Å². The average molecular weight is 326 g/mol. The van der Waals surface area contributed by atoms with Gasteiger partial charge in [-0.3, -0.25) is 0 Å². The van der Waals surface area contributed by atoms with Crippen LogP contribution in [-0.4, -0.2) is 0 Å². The van der Waals surface area contributed by atoms with E-state index in [0.717, 1.165) is 0 Å². The molecule has 0 aliphatic carbocycles. The zero-order chi connectivity index (χ0) is 0. The van der Waals surface area contributed by atoms with Crippen LogP contribution < -0.4 is 103 Å². The van der Waals surface area contributed by atoms with Gasteiger partial charge in [-0.25, -0.2) is 0 Å². The average Bonchev–Trinajstić information content (AvgIpc) is 0. The molecule has 0 saturated carbocycles. The molecule has 0 heterocycles. The molecule has 0 amide bonds. The molecule has 0 aliphatic rings. The second kappa shape index (κ2) is 52.5. The Morgan fingerprint density at radius 2 is 0.429 bits per heavy atom. The van der Waals surface area contributed by atoms with E-state index in [1.807, 2.05) is 0 Å². The molecule has 0 aromatic carbocycles. The molecule has 0 aliphatic heterocycles. The SMILES string of the molecule is [K+].[K+].[O-2].[O-2].[O-2].[O-2].[W+6]. The fourth-order valence-electron chi connectivity index (χ4n) is 0. The molecular weight excluding hydrogens is 326 g/mol. The molecule has 0 bridgehead atoms. The van der Waals surface area contributed by atoms with E-state index in [1.165, 1.54) is 0 Å². The molecular formula is K2O4W. The van der Waals surface area contributed by atoms with Gasteiger partial charge in [0.1, 0.15) is 0 Å². The molecule has 0 spiro atoms. The second-order valence-electron chi connectivity index (χ2n) is 0. The van der Waals surface area contributed by atoms with E-state index in [0.29, 0.717) is 0 Å². The van der Waals surface area contributed by atoms with Crippen molar-refractivity contribution in [3.05, 3.63) is 0 Å². The Hall–Kier alpha value is 3.80. The molecule has 0 rings (SSSR count). The van der Waals surface area contributed by atoms with Gasteiger partial charge >= 0.3 is 124 Å². The Labute approximate surface area is 142 Å². The Morgan fingerprint density at radius 3 is 0.429 bits per heavy atom. The normalized spacial score (nSPS) is 0. The van der Waals surface area contributed by atoms with Crippen molar-refractivity contribution in [3.63, 3.8) is 0 Å². The van der Waals surface area contributed by atoms with Crippen molar-refractivity contribution in [2.24, 2.45) is 0 Å². The van der Waals surface area contributed by atoms with Gasteiger partial charge in [-0.05, 0) is 0 Å². The van der Waals surface area contributed by atoms with Gasteiger partial charge in [0.25, 0.3) is 0 Å². The molecule has 0 unspecified atom stereocenters. The van der Waals surface area contributed by atoms with Crippen LogP contribution in [0.15, 0.2) is 0 Å². The van der Waals surface area contributed by atoms with E-state index in [9.17, 15) is 0 Å². The van der Waals surface area contributed by atoms with E-state index in [2.05, 4.69) is 0 Å². The Bertz CT molecular complexity index is 9.65. The molecule has 32 valence electrons. The summed E-state index contributed by atoms with van der Waals surface area (Å²) in [5.41, 5.74) is 0. The van der Waals surface area contributed by atoms with Crippen molar-refractivity contribution in [2.45, 2.75) is 0 Å². The number of hydrogen-bond donors (Lipinski definition) is 0. The standard InChI is InChI=1S/2K.4O.W/q2*+1;4*-2;+6. The summed E-state index contributed by atoms with van der Waals surface area (Å²) in [7, 11) is 0. The summed E-state index contributed by atoms with van der Waals surface area (Å²) in [6.07, 6.45) is 0. The van der Waals surface area contributed by atoms with Gasteiger partial charge in [0, 0.05) is 0 Å². The van der Waals surface area contributed by atoms with Gasteiger partial charge in [-0.1, -0.05) is 0 Å². The summed E-state index contributed by atoms with van der Waals surface area (Å²) in [6.45, 7) is 0. The maximum atomic E-state index is 0. The summed E-state index contributed by atoms with van der Waals surface area (Å²) in [6, 6.07) is 0. The minimum absolute atomic E-state index is 0. The fraction of sp³-hybridized carbons (Fsp3) is 0. The molecule has 0 atom stereocenters. The van der Waals surface area contributed by atoms with Gasteiger partial charge in [0.15, 0.2) is 0 Å². The molecule has 0 aromatic heterocycles. The maximum Gasteiger partial charge on any atom is 6.00 e. The first-order chi connectivity index (χ1) is 0. The summed E-state index contributed by atoms with van der Waals surface area (Å²) < 4.78 is 0. The fourth-order valence-corrected chi connectivity index (χ4v) is 0. The number of hydrogen-bond acceptors (Lipinski definition) is 0. The minimum Gasteiger partial charge on any atom is -2.00 e. The first-order valence-electron chi connectivity index (χ1n) is 0. The van der Waals surface area contributed by atoms with Crippen molar-refractivity contribution in [2.75, 3.05) is 0 Å². The van der Waals surface area contributed by atoms with Crippen molar-refractivity contribution in [1.29, 1.82) is 0 Å². The molecule has 0 fully saturated rings. The quantitative estimate of drug-likeness (QED) is 0.394. The third kappa shape index (κ3) is 41.3. The molecule has 4 nitrogen and oxygen atoms in total. The predicted octanol–water partition coefficient (Wildman–Crippen LogP) is -6.47. The van der Waals surface area contributed by atoms with Crippen LogP contribution in [0.25, 0.3) is 0 Å². The Morgan fingerprint density at radius 1 is 0.429 bits per heavy atom. The van der Waals surface area contributed by atoms with Gasteiger partial charge in [-0.15, -0.1) is 0 Å². The summed E-state index contributed by atoms with van der Waals surface area (Å²) in [5.74, 6) is 0. The van der Waals surface area contributed by atoms with Crippen LogP contribution in [0, 0.1) is 0 Å². The zero-order valence-corrected chi connectivity index (χ0v) is 13.2. The van der Waals surface area contributed by atoms with Crippen molar-refractivity contribution < 1.29 is 146 Å². The monoisotopic (exact) mass is 326 g/mol. The van der Waals surface area contributed by atoms with Crippen LogP contribution in [-0.2, 0) is 43.0 Å². The third-order valence-electron chi connectivity index (χ3n) is 0. The summed E-state index contributed by atoms with van der Waals surface area (Å²) in [5, 5.41) is 0. The van der Waals surface area contributed by atoms with Gasteiger partial charge in [0.2, 0.25) is 0 Å². The summed E-state index contributed by atoms with van der Waals surface area (Å²) >= 11 is 0. The Balaban J connectivity index is 0. The molecule has 0 saturated heterocycles. The number of rotatable bonds is 0. The molecule has 0 radical (unpaired) electrons. The van der Waals surface area contributed by atoms with Gasteiger partial charge in [-0.2, -0.15) is 0 Å². The Kier molecular flexibility index (Phi) is 539. The molecule has 0 aromatic rings. The predicted molar refractivity (Wildman–Crippen MR) is 2.75 cm³/mol. The molecule has 7 heteroatoms. The van der Waals surface area contributed by atoms with Crippen LogP contribution in [0.5, 0.6) is 0 Å². The van der Waals surface area contributed by atoms with E-state index in [-0.39, 0.29) is 146 Å². The van der Waals surface area contributed by atoms with Crippen LogP contribution >= 0.6 is 0 Å². The van der Waals surface area contributed by atoms with E-state index < -0.39 is 0 Å². The van der Waals surface area contributed by atoms with E-state index in [4.69, 9.17) is 0 Å².